The molecule has 1 aliphatic heterocycles. The van der Waals surface area contributed by atoms with Crippen LogP contribution in [0.4, 0.5) is 0 Å². The molecule has 0 radical (unpaired) electrons. The van der Waals surface area contributed by atoms with Crippen LogP contribution in [0, 0.1) is 12.8 Å². The number of piperidine rings is 1. The van der Waals surface area contributed by atoms with Crippen molar-refractivity contribution in [3.05, 3.63) is 98.5 Å². The summed E-state index contributed by atoms with van der Waals surface area (Å²) >= 11 is 0. The molecule has 45 heavy (non-hydrogen) atoms. The van der Waals surface area contributed by atoms with Gasteiger partial charge in [-0.2, -0.15) is 0 Å². The Labute approximate surface area is 264 Å². The largest absolute Gasteiger partial charge is 0.508 e. The number of nitrogens with zero attached hydrogens (tertiary/aromatic N) is 1. The second kappa shape index (κ2) is 12.8. The zero-order valence-electron chi connectivity index (χ0n) is 26.7. The minimum Gasteiger partial charge on any atom is -0.508 e. The summed E-state index contributed by atoms with van der Waals surface area (Å²) in [5, 5.41) is 26.0. The number of benzene rings is 2. The Morgan fingerprint density at radius 2 is 1.82 bits per heavy atom. The number of amides is 2. The number of aliphatic hydroxyl groups is 1. The first-order valence-corrected chi connectivity index (χ1v) is 16.2. The number of primary amides is 1. The molecule has 6 rings (SSSR count). The van der Waals surface area contributed by atoms with E-state index in [2.05, 4.69) is 22.1 Å². The van der Waals surface area contributed by atoms with Crippen molar-refractivity contribution < 1.29 is 19.8 Å². The van der Waals surface area contributed by atoms with Gasteiger partial charge in [0, 0.05) is 43.0 Å². The number of nitrogens with one attached hydrogen (secondary N) is 2. The Bertz CT molecular complexity index is 1620. The van der Waals surface area contributed by atoms with Crippen LogP contribution in [-0.2, 0) is 29.5 Å². The third kappa shape index (κ3) is 6.16. The molecule has 240 valence electrons. The fourth-order valence-corrected chi connectivity index (χ4v) is 7.47. The number of hydrogen-bond donors (Lipinski definition) is 5. The molecule has 1 aromatic heterocycles. The molecule has 9 nitrogen and oxygen atoms in total. The average Bonchev–Trinajstić information content (AvgIpc) is 3.85. The molecule has 2 aromatic carbocycles. The van der Waals surface area contributed by atoms with Crippen LogP contribution in [0.5, 0.6) is 5.75 Å². The first kappa shape index (κ1) is 32.4. The van der Waals surface area contributed by atoms with Crippen LogP contribution < -0.4 is 16.6 Å². The third-order valence-corrected chi connectivity index (χ3v) is 10.1. The van der Waals surface area contributed by atoms with E-state index >= 15 is 0 Å². The summed E-state index contributed by atoms with van der Waals surface area (Å²) in [4.78, 5) is 44.3. The number of aromatic amines is 1. The Morgan fingerprint density at radius 3 is 2.49 bits per heavy atom. The van der Waals surface area contributed by atoms with Crippen LogP contribution in [-0.4, -0.2) is 62.7 Å². The highest BCUT2D eigenvalue weighted by Crippen LogP contribution is 2.54. The van der Waals surface area contributed by atoms with Gasteiger partial charge in [0.25, 0.3) is 11.5 Å². The van der Waals surface area contributed by atoms with Crippen molar-refractivity contribution in [1.29, 1.82) is 0 Å². The van der Waals surface area contributed by atoms with Crippen molar-refractivity contribution in [3.63, 3.8) is 0 Å². The van der Waals surface area contributed by atoms with E-state index in [0.29, 0.717) is 30.0 Å². The molecule has 2 amide bonds. The second-order valence-electron chi connectivity index (χ2n) is 12.9. The minimum absolute atomic E-state index is 0.124. The van der Waals surface area contributed by atoms with Gasteiger partial charge in [0.2, 0.25) is 5.91 Å². The van der Waals surface area contributed by atoms with Crippen LogP contribution in [0.2, 0.25) is 0 Å². The molecule has 0 bridgehead atoms. The summed E-state index contributed by atoms with van der Waals surface area (Å²) in [5.74, 6) is -0.601. The second-order valence-corrected chi connectivity index (χ2v) is 12.9. The number of aryl methyl sites for hydroxylation is 1. The van der Waals surface area contributed by atoms with E-state index in [1.165, 1.54) is 12.8 Å². The van der Waals surface area contributed by atoms with E-state index in [4.69, 9.17) is 5.73 Å². The molecular weight excluding hydrogens is 568 g/mol. The number of pyridine rings is 1. The molecule has 4 atom stereocenters. The standard InChI is InChI=1S/C34H40N4O5.C2H6/c1-20-8-11-25(39)16-27(20)33-12-13-38(19-23-9-10-23)21(2)34(33,43)17-24-15-26(32(42)37-29(24)18-33)31(41)36-28(30(35)40)14-22-6-4-3-5-7-22;1-2/h3-8,11,15-16,21,23,28,39,43H,9-10,12-14,17-19H2,1-2H3,(H2,35,40)(H,36,41)(H,37,42);1-2H3. The average molecular weight is 615 g/mol. The maximum atomic E-state index is 13.4. The first-order valence-electron chi connectivity index (χ1n) is 16.2. The normalized spacial score (nSPS) is 24.8. The molecule has 0 spiro atoms. The zero-order chi connectivity index (χ0) is 32.5. The predicted molar refractivity (Wildman–Crippen MR) is 174 cm³/mol. The van der Waals surface area contributed by atoms with E-state index in [1.807, 2.05) is 57.2 Å². The molecular formula is C36H46N4O5. The molecule has 2 fully saturated rings. The fraction of sp³-hybridized carbons (Fsp3) is 0.472. The number of rotatable bonds is 8. The highest BCUT2D eigenvalue weighted by molar-refractivity contribution is 5.97. The lowest BCUT2D eigenvalue weighted by Crippen LogP contribution is -2.71. The third-order valence-electron chi connectivity index (χ3n) is 10.1. The van der Waals surface area contributed by atoms with Crippen LogP contribution >= 0.6 is 0 Å². The van der Waals surface area contributed by atoms with E-state index < -0.39 is 34.4 Å². The summed E-state index contributed by atoms with van der Waals surface area (Å²) in [6, 6.07) is 14.9. The van der Waals surface area contributed by atoms with Crippen LogP contribution in [0.3, 0.4) is 0 Å². The number of nitrogens with two attached hydrogens (primary N) is 1. The Balaban J connectivity index is 0.00000196. The van der Waals surface area contributed by atoms with Crippen molar-refractivity contribution in [2.75, 3.05) is 13.1 Å². The molecule has 3 aromatic rings. The fourth-order valence-electron chi connectivity index (χ4n) is 7.47. The molecule has 4 unspecified atom stereocenters. The van der Waals surface area contributed by atoms with Crippen molar-refractivity contribution in [3.8, 4) is 5.75 Å². The lowest BCUT2D eigenvalue weighted by molar-refractivity contribution is -0.139. The lowest BCUT2D eigenvalue weighted by atomic mass is 9.53. The number of fused-ring (bicyclic) bond motifs is 2. The van der Waals surface area contributed by atoms with Gasteiger partial charge < -0.3 is 26.2 Å². The highest BCUT2D eigenvalue weighted by atomic mass is 16.3. The van der Waals surface area contributed by atoms with E-state index in [0.717, 1.165) is 29.8 Å². The van der Waals surface area contributed by atoms with E-state index in [1.54, 1.807) is 18.2 Å². The van der Waals surface area contributed by atoms with E-state index in [-0.39, 0.29) is 30.2 Å². The van der Waals surface area contributed by atoms with Gasteiger partial charge in [-0.1, -0.05) is 50.2 Å². The maximum absolute atomic E-state index is 13.4. The summed E-state index contributed by atoms with van der Waals surface area (Å²) in [6.45, 7) is 9.78. The number of carbonyl (C=O) groups is 2. The number of hydrogen-bond acceptors (Lipinski definition) is 6. The van der Waals surface area contributed by atoms with Crippen molar-refractivity contribution in [2.24, 2.45) is 11.7 Å². The van der Waals surface area contributed by atoms with Gasteiger partial charge in [-0.05, 0) is 86.0 Å². The van der Waals surface area contributed by atoms with Crippen molar-refractivity contribution >= 4 is 11.8 Å². The van der Waals surface area contributed by atoms with Gasteiger partial charge in [0.05, 0.1) is 5.60 Å². The molecule has 1 saturated heterocycles. The first-order chi connectivity index (χ1) is 21.5. The van der Waals surface area contributed by atoms with Crippen LogP contribution in [0.25, 0.3) is 0 Å². The summed E-state index contributed by atoms with van der Waals surface area (Å²) in [7, 11) is 0. The number of phenolic OH excluding ortho intramolecular Hbond substituents is 1. The monoisotopic (exact) mass is 614 g/mol. The Morgan fingerprint density at radius 1 is 1.11 bits per heavy atom. The highest BCUT2D eigenvalue weighted by Gasteiger charge is 2.61. The molecule has 1 saturated carbocycles. The quantitative estimate of drug-likeness (QED) is 0.262. The topological polar surface area (TPSA) is 149 Å². The van der Waals surface area contributed by atoms with E-state index in [9.17, 15) is 24.6 Å². The Hall–Kier alpha value is -3.95. The predicted octanol–water partition coefficient (Wildman–Crippen LogP) is 3.51. The van der Waals surface area contributed by atoms with Crippen molar-refractivity contribution in [2.45, 2.75) is 89.3 Å². The molecule has 2 aliphatic carbocycles. The number of H-pyrrole nitrogens is 1. The molecule has 9 heteroatoms. The van der Waals surface area contributed by atoms with Crippen molar-refractivity contribution in [1.82, 2.24) is 15.2 Å². The van der Waals surface area contributed by atoms with Gasteiger partial charge in [-0.3, -0.25) is 19.3 Å². The van der Waals surface area contributed by atoms with Gasteiger partial charge >= 0.3 is 0 Å². The number of aromatic nitrogens is 1. The summed E-state index contributed by atoms with van der Waals surface area (Å²) in [6.07, 6.45) is 3.86. The van der Waals surface area contributed by atoms with Gasteiger partial charge in [0.15, 0.2) is 0 Å². The number of likely N-dealkylation sites (tertiary alicyclic amines) is 1. The number of carbonyl (C=O) groups excluding carboxylic acids is 2. The summed E-state index contributed by atoms with van der Waals surface area (Å²) < 4.78 is 0. The lowest BCUT2D eigenvalue weighted by Gasteiger charge is -2.60. The number of aromatic hydroxyl groups is 1. The van der Waals surface area contributed by atoms with Gasteiger partial charge in [0.1, 0.15) is 17.4 Å². The zero-order valence-corrected chi connectivity index (χ0v) is 26.7. The van der Waals surface area contributed by atoms with Gasteiger partial charge in [-0.15, -0.1) is 0 Å². The summed E-state index contributed by atoms with van der Waals surface area (Å²) in [5.41, 5.74) is 6.99. The maximum Gasteiger partial charge on any atom is 0.261 e. The van der Waals surface area contributed by atoms with Gasteiger partial charge in [-0.25, -0.2) is 0 Å². The smallest absolute Gasteiger partial charge is 0.261 e. The minimum atomic E-state index is -1.24. The Kier molecular flexibility index (Phi) is 9.23. The SMILES string of the molecule is CC.Cc1ccc(O)cc1C12CCN(CC3CC3)C(C)C1(O)Cc1cc(C(=O)NC(Cc3ccccc3)C(N)=O)c(=O)[nH]c1C2. The molecule has 3 aliphatic rings. The molecule has 6 N–H and O–H groups in total. The number of phenols is 1. The van der Waals surface area contributed by atoms with Crippen LogP contribution in [0.1, 0.15) is 78.3 Å². The molecule has 2 heterocycles. The van der Waals surface area contributed by atoms with Crippen LogP contribution in [0.15, 0.2) is 59.4 Å².